The molecule has 13 heteroatoms. The third-order valence-corrected chi connectivity index (χ3v) is 9.38. The molecule has 248 valence electrons. The Morgan fingerprint density at radius 2 is 1.81 bits per heavy atom. The summed E-state index contributed by atoms with van der Waals surface area (Å²) in [6, 6.07) is 14.7. The van der Waals surface area contributed by atoms with Crippen molar-refractivity contribution in [1.82, 2.24) is 15.1 Å². The summed E-state index contributed by atoms with van der Waals surface area (Å²) < 4.78 is 37.0. The van der Waals surface area contributed by atoms with E-state index < -0.39 is 10.0 Å². The normalized spacial score (nSPS) is 13.4. The van der Waals surface area contributed by atoms with Crippen LogP contribution in [0.1, 0.15) is 66.1 Å². The minimum Gasteiger partial charge on any atom is -0.496 e. The number of primary sulfonamides is 1. The zero-order chi connectivity index (χ0) is 33.7. The van der Waals surface area contributed by atoms with Crippen LogP contribution in [0.3, 0.4) is 0 Å². The number of aromatic nitrogens is 2. The number of nitrogens with two attached hydrogens (primary N) is 1. The molecule has 4 N–H and O–H groups in total. The second-order valence-electron chi connectivity index (χ2n) is 11.7. The first-order chi connectivity index (χ1) is 22.5. The zero-order valence-electron chi connectivity index (χ0n) is 26.7. The smallest absolute Gasteiger partial charge is 0.257 e. The molecule has 3 aromatic carbocycles. The Kier molecular flexibility index (Phi) is 10.3. The number of fused-ring (bicyclic) bond motifs is 1. The van der Waals surface area contributed by atoms with E-state index >= 15 is 0 Å². The van der Waals surface area contributed by atoms with Crippen molar-refractivity contribution in [2.45, 2.75) is 57.4 Å². The molecule has 47 heavy (non-hydrogen) atoms. The van der Waals surface area contributed by atoms with Gasteiger partial charge < -0.3 is 20.1 Å². The Hall–Kier alpha value is -4.75. The summed E-state index contributed by atoms with van der Waals surface area (Å²) in [6.45, 7) is 3.67. The fourth-order valence-electron chi connectivity index (χ4n) is 6.07. The first-order valence-corrected chi connectivity index (χ1v) is 17.1. The molecule has 1 aliphatic carbocycles. The number of benzene rings is 3. The summed E-state index contributed by atoms with van der Waals surface area (Å²) in [4.78, 5) is 38.9. The first kappa shape index (κ1) is 33.6. The van der Waals surface area contributed by atoms with Gasteiger partial charge in [0.2, 0.25) is 21.8 Å². The van der Waals surface area contributed by atoms with Crippen molar-refractivity contribution >= 4 is 44.2 Å². The maximum absolute atomic E-state index is 13.9. The van der Waals surface area contributed by atoms with Crippen LogP contribution in [0.25, 0.3) is 10.9 Å². The van der Waals surface area contributed by atoms with E-state index in [-0.39, 0.29) is 47.1 Å². The number of ether oxygens (including phenoxy) is 2. The quantitative estimate of drug-likeness (QED) is 0.178. The van der Waals surface area contributed by atoms with Crippen molar-refractivity contribution < 1.29 is 32.3 Å². The van der Waals surface area contributed by atoms with Gasteiger partial charge in [-0.1, -0.05) is 25.0 Å². The Bertz CT molecular complexity index is 1930. The predicted octanol–water partition coefficient (Wildman–Crippen LogP) is 4.31. The van der Waals surface area contributed by atoms with Gasteiger partial charge in [0.1, 0.15) is 5.75 Å². The lowest BCUT2D eigenvalue weighted by Crippen LogP contribution is -2.28. The molecule has 1 aromatic heterocycles. The van der Waals surface area contributed by atoms with E-state index in [4.69, 9.17) is 14.6 Å². The molecule has 1 aliphatic rings. The minimum absolute atomic E-state index is 0.0589. The Labute approximate surface area is 273 Å². The van der Waals surface area contributed by atoms with Crippen LogP contribution in [-0.2, 0) is 26.2 Å². The van der Waals surface area contributed by atoms with E-state index in [1.807, 2.05) is 6.92 Å². The van der Waals surface area contributed by atoms with Gasteiger partial charge in [0, 0.05) is 35.3 Å². The van der Waals surface area contributed by atoms with Crippen molar-refractivity contribution in [1.29, 1.82) is 0 Å². The lowest BCUT2D eigenvalue weighted by Gasteiger charge is -2.15. The molecule has 1 saturated carbocycles. The highest BCUT2D eigenvalue weighted by Crippen LogP contribution is 2.33. The average molecular weight is 662 g/mol. The molecule has 0 bridgehead atoms. The molecule has 0 unspecified atom stereocenters. The van der Waals surface area contributed by atoms with E-state index in [0.29, 0.717) is 57.9 Å². The summed E-state index contributed by atoms with van der Waals surface area (Å²) in [6.07, 6.45) is 4.87. The maximum Gasteiger partial charge on any atom is 0.257 e. The second kappa shape index (κ2) is 14.3. The summed E-state index contributed by atoms with van der Waals surface area (Å²) in [7, 11) is -2.46. The second-order valence-corrected chi connectivity index (χ2v) is 13.2. The van der Waals surface area contributed by atoms with Crippen molar-refractivity contribution in [3.8, 4) is 11.6 Å². The zero-order valence-corrected chi connectivity index (χ0v) is 27.5. The van der Waals surface area contributed by atoms with Crippen LogP contribution in [0, 0.1) is 12.8 Å². The monoisotopic (exact) mass is 661 g/mol. The largest absolute Gasteiger partial charge is 0.496 e. The number of likely N-dealkylation sites (N-methyl/N-ethyl adjacent to an activating group) is 1. The summed E-state index contributed by atoms with van der Waals surface area (Å²) >= 11 is 0. The number of anilines is 1. The number of sulfonamides is 1. The van der Waals surface area contributed by atoms with Crippen LogP contribution in [0.4, 0.5) is 5.69 Å². The molecule has 0 atom stereocenters. The molecule has 12 nitrogen and oxygen atoms in total. The van der Waals surface area contributed by atoms with Gasteiger partial charge in [0.05, 0.1) is 29.5 Å². The highest BCUT2D eigenvalue weighted by Gasteiger charge is 2.23. The van der Waals surface area contributed by atoms with Crippen molar-refractivity contribution in [3.63, 3.8) is 0 Å². The summed E-state index contributed by atoms with van der Waals surface area (Å²) in [5, 5.41) is 16.3. The Balaban J connectivity index is 1.53. The standard InChI is InChI=1S/C34H39N5O7S/c1-4-36-32(41)20-46-34-26-14-13-24(37-31(40)17-22-8-5-6-9-22)18-28(26)39(38-34)19-27-25(10-7-11-29(27)45-3)33(42)23-12-15-30(21(2)16-23)47(35,43)44/h7,10-16,18,22H,4-6,8-9,17,19-20H2,1-3H3,(H,36,41)(H,37,40)(H2,35,43,44). The number of rotatable bonds is 13. The van der Waals surface area contributed by atoms with Gasteiger partial charge in [-0.2, -0.15) is 0 Å². The van der Waals surface area contributed by atoms with Crippen molar-refractivity contribution in [3.05, 3.63) is 76.9 Å². The van der Waals surface area contributed by atoms with Gasteiger partial charge >= 0.3 is 0 Å². The number of nitrogens with zero attached hydrogens (tertiary/aromatic N) is 2. The van der Waals surface area contributed by atoms with E-state index in [1.165, 1.54) is 25.3 Å². The predicted molar refractivity (Wildman–Crippen MR) is 177 cm³/mol. The molecule has 5 rings (SSSR count). The van der Waals surface area contributed by atoms with Crippen molar-refractivity contribution in [2.75, 3.05) is 25.6 Å². The van der Waals surface area contributed by atoms with Gasteiger partial charge in [-0.05, 0) is 80.6 Å². The number of nitrogens with one attached hydrogen (secondary N) is 2. The fourth-order valence-corrected chi connectivity index (χ4v) is 6.83. The first-order valence-electron chi connectivity index (χ1n) is 15.5. The van der Waals surface area contributed by atoms with E-state index in [0.717, 1.165) is 25.7 Å². The van der Waals surface area contributed by atoms with Gasteiger partial charge in [0.15, 0.2) is 12.4 Å². The number of ketones is 1. The molecule has 2 amide bonds. The Morgan fingerprint density at radius 3 is 2.49 bits per heavy atom. The molecular weight excluding hydrogens is 622 g/mol. The molecule has 0 radical (unpaired) electrons. The number of methoxy groups -OCH3 is 1. The molecule has 0 saturated heterocycles. The van der Waals surface area contributed by atoms with Gasteiger partial charge in [-0.3, -0.25) is 19.1 Å². The molecule has 0 aliphatic heterocycles. The van der Waals surface area contributed by atoms with Gasteiger partial charge in [-0.15, -0.1) is 5.10 Å². The maximum atomic E-state index is 13.9. The number of hydrogen-bond acceptors (Lipinski definition) is 8. The summed E-state index contributed by atoms with van der Waals surface area (Å²) in [5.74, 6) is 0.325. The number of hydrogen-bond donors (Lipinski definition) is 3. The number of carbonyl (C=O) groups is 3. The number of carbonyl (C=O) groups excluding carboxylic acids is 3. The molecular formula is C34H39N5O7S. The van der Waals surface area contributed by atoms with E-state index in [9.17, 15) is 22.8 Å². The molecule has 4 aromatic rings. The number of aryl methyl sites for hydroxylation is 1. The van der Waals surface area contributed by atoms with E-state index in [1.54, 1.807) is 48.0 Å². The lowest BCUT2D eigenvalue weighted by atomic mass is 9.96. The minimum atomic E-state index is -3.96. The Morgan fingerprint density at radius 1 is 1.04 bits per heavy atom. The fraction of sp³-hybridized carbons (Fsp3) is 0.353. The van der Waals surface area contributed by atoms with Crippen LogP contribution in [0.15, 0.2) is 59.5 Å². The third kappa shape index (κ3) is 7.80. The lowest BCUT2D eigenvalue weighted by molar-refractivity contribution is -0.123. The van der Waals surface area contributed by atoms with E-state index in [2.05, 4.69) is 15.7 Å². The van der Waals surface area contributed by atoms with Crippen LogP contribution in [0.5, 0.6) is 11.6 Å². The third-order valence-electron chi connectivity index (χ3n) is 8.31. The molecule has 1 fully saturated rings. The topological polar surface area (TPSA) is 172 Å². The van der Waals surface area contributed by atoms with Crippen LogP contribution < -0.4 is 25.2 Å². The van der Waals surface area contributed by atoms with Gasteiger partial charge in [0.25, 0.3) is 5.91 Å². The summed E-state index contributed by atoms with van der Waals surface area (Å²) in [5.41, 5.74) is 2.64. The van der Waals surface area contributed by atoms with Crippen LogP contribution in [-0.4, -0.2) is 56.1 Å². The molecule has 0 spiro atoms. The van der Waals surface area contributed by atoms with Crippen molar-refractivity contribution in [2.24, 2.45) is 11.1 Å². The highest BCUT2D eigenvalue weighted by atomic mass is 32.2. The molecule has 1 heterocycles. The average Bonchev–Trinajstić information content (AvgIpc) is 3.66. The number of amides is 2. The highest BCUT2D eigenvalue weighted by molar-refractivity contribution is 7.89. The van der Waals surface area contributed by atoms with Gasteiger partial charge in [-0.25, -0.2) is 13.6 Å². The van der Waals surface area contributed by atoms with Crippen LogP contribution >= 0.6 is 0 Å². The SMILES string of the molecule is CCNC(=O)COc1nn(Cc2c(OC)cccc2C(=O)c2ccc(S(N)(=O)=O)c(C)c2)c2cc(NC(=O)CC3CCCC3)ccc12. The van der Waals surface area contributed by atoms with Crippen LogP contribution in [0.2, 0.25) is 0 Å².